The highest BCUT2D eigenvalue weighted by Crippen LogP contribution is 2.16. The van der Waals surface area contributed by atoms with Crippen LogP contribution in [-0.2, 0) is 22.8 Å². The van der Waals surface area contributed by atoms with Gasteiger partial charge in [-0.15, -0.1) is 0 Å². The lowest BCUT2D eigenvalue weighted by molar-refractivity contribution is 0.0340. The molecule has 0 aromatic rings. The van der Waals surface area contributed by atoms with E-state index in [-0.39, 0.29) is 0 Å². The zero-order valence-corrected chi connectivity index (χ0v) is 16.2. The molecule has 0 aromatic heterocycles. The van der Waals surface area contributed by atoms with Crippen molar-refractivity contribution in [1.29, 1.82) is 0 Å². The van der Waals surface area contributed by atoms with E-state index in [4.69, 9.17) is 22.8 Å². The van der Waals surface area contributed by atoms with Gasteiger partial charge in [0, 0.05) is 19.8 Å². The number of hydrogen-bond acceptors (Lipinski definition) is 5. The molecule has 0 amide bonds. The molecule has 2 unspecified atom stereocenters. The molecule has 0 spiro atoms. The van der Waals surface area contributed by atoms with Gasteiger partial charge in [-0.2, -0.15) is 0 Å². The highest BCUT2D eigenvalue weighted by atomic mass is 28.4. The zero-order valence-electron chi connectivity index (χ0n) is 15.2. The van der Waals surface area contributed by atoms with Gasteiger partial charge < -0.3 is 22.8 Å². The van der Waals surface area contributed by atoms with Crippen LogP contribution in [0.4, 0.5) is 0 Å². The van der Waals surface area contributed by atoms with Gasteiger partial charge in [0.05, 0.1) is 19.3 Å². The van der Waals surface area contributed by atoms with Crippen molar-refractivity contribution >= 4 is 8.80 Å². The second-order valence-corrected chi connectivity index (χ2v) is 7.96. The SMILES string of the molecule is CCO[Si](C=CCCCC(CC)OCC1CO1)(OCC)OCC. The molecule has 136 valence electrons. The van der Waals surface area contributed by atoms with Crippen molar-refractivity contribution in [2.24, 2.45) is 0 Å². The first kappa shape index (κ1) is 20.8. The molecular formula is C17H34O5Si. The molecule has 5 nitrogen and oxygen atoms in total. The van der Waals surface area contributed by atoms with Gasteiger partial charge in [0.1, 0.15) is 6.10 Å². The van der Waals surface area contributed by atoms with Crippen LogP contribution < -0.4 is 0 Å². The molecular weight excluding hydrogens is 312 g/mol. The molecule has 1 saturated heterocycles. The van der Waals surface area contributed by atoms with Gasteiger partial charge >= 0.3 is 8.80 Å². The van der Waals surface area contributed by atoms with Crippen LogP contribution in [0.25, 0.3) is 0 Å². The lowest BCUT2D eigenvalue weighted by Crippen LogP contribution is -2.44. The summed E-state index contributed by atoms with van der Waals surface area (Å²) >= 11 is 0. The Morgan fingerprint density at radius 2 is 1.70 bits per heavy atom. The highest BCUT2D eigenvalue weighted by Gasteiger charge is 2.37. The number of allylic oxidation sites excluding steroid dienone is 1. The minimum Gasteiger partial charge on any atom is -0.375 e. The van der Waals surface area contributed by atoms with E-state index in [1.165, 1.54) is 0 Å². The van der Waals surface area contributed by atoms with Crippen LogP contribution in [0.2, 0.25) is 0 Å². The van der Waals surface area contributed by atoms with E-state index < -0.39 is 8.80 Å². The van der Waals surface area contributed by atoms with Gasteiger partial charge in [0.15, 0.2) is 0 Å². The number of ether oxygens (including phenoxy) is 2. The number of epoxide rings is 1. The fraction of sp³-hybridized carbons (Fsp3) is 0.882. The first-order valence-electron chi connectivity index (χ1n) is 9.02. The van der Waals surface area contributed by atoms with E-state index in [1.54, 1.807) is 0 Å². The Morgan fingerprint density at radius 3 is 2.17 bits per heavy atom. The van der Waals surface area contributed by atoms with Gasteiger partial charge in [0.25, 0.3) is 0 Å². The summed E-state index contributed by atoms with van der Waals surface area (Å²) in [7, 11) is -2.63. The third-order valence-electron chi connectivity index (χ3n) is 3.63. The molecule has 2 atom stereocenters. The van der Waals surface area contributed by atoms with Crippen molar-refractivity contribution in [3.05, 3.63) is 11.8 Å². The Labute approximate surface area is 142 Å². The van der Waals surface area contributed by atoms with Crippen LogP contribution in [0.5, 0.6) is 0 Å². The quantitative estimate of drug-likeness (QED) is 0.258. The summed E-state index contributed by atoms with van der Waals surface area (Å²) in [5.41, 5.74) is 2.03. The summed E-state index contributed by atoms with van der Waals surface area (Å²) in [4.78, 5) is 0. The van der Waals surface area contributed by atoms with E-state index >= 15 is 0 Å². The molecule has 0 aromatic carbocycles. The average Bonchev–Trinajstić information content (AvgIpc) is 3.35. The average molecular weight is 347 g/mol. The Kier molecular flexibility index (Phi) is 11.0. The van der Waals surface area contributed by atoms with Crippen molar-refractivity contribution in [2.75, 3.05) is 33.0 Å². The van der Waals surface area contributed by atoms with Crippen LogP contribution in [0.15, 0.2) is 11.8 Å². The summed E-state index contributed by atoms with van der Waals surface area (Å²) in [5, 5.41) is 0. The lowest BCUT2D eigenvalue weighted by Gasteiger charge is -2.25. The Bertz CT molecular complexity index is 303. The lowest BCUT2D eigenvalue weighted by atomic mass is 10.1. The zero-order chi connectivity index (χ0) is 17.0. The number of unbranched alkanes of at least 4 members (excludes halogenated alkanes) is 1. The second-order valence-electron chi connectivity index (χ2n) is 5.55. The monoisotopic (exact) mass is 346 g/mol. The predicted octanol–water partition coefficient (Wildman–Crippen LogP) is 3.49. The van der Waals surface area contributed by atoms with Crippen molar-refractivity contribution in [2.45, 2.75) is 65.6 Å². The minimum atomic E-state index is -2.63. The van der Waals surface area contributed by atoms with Crippen molar-refractivity contribution in [1.82, 2.24) is 0 Å². The maximum atomic E-state index is 5.86. The molecule has 1 rings (SSSR count). The molecule has 23 heavy (non-hydrogen) atoms. The summed E-state index contributed by atoms with van der Waals surface area (Å²) in [6, 6.07) is 0. The van der Waals surface area contributed by atoms with Crippen LogP contribution in [0.1, 0.15) is 53.4 Å². The van der Waals surface area contributed by atoms with Gasteiger partial charge in [-0.1, -0.05) is 13.0 Å². The predicted molar refractivity (Wildman–Crippen MR) is 93.4 cm³/mol. The van der Waals surface area contributed by atoms with Gasteiger partial charge in [0.2, 0.25) is 0 Å². The summed E-state index contributed by atoms with van der Waals surface area (Å²) in [6.07, 6.45) is 7.02. The normalized spacial score (nSPS) is 19.4. The Balaban J connectivity index is 2.31. The fourth-order valence-electron chi connectivity index (χ4n) is 2.38. The van der Waals surface area contributed by atoms with Crippen LogP contribution in [-0.4, -0.2) is 54.0 Å². The molecule has 0 radical (unpaired) electrons. The molecule has 6 heteroatoms. The number of hydrogen-bond donors (Lipinski definition) is 0. The van der Waals surface area contributed by atoms with E-state index in [9.17, 15) is 0 Å². The largest absolute Gasteiger partial charge is 0.529 e. The summed E-state index contributed by atoms with van der Waals surface area (Å²) in [6.45, 7) is 11.5. The van der Waals surface area contributed by atoms with E-state index in [2.05, 4.69) is 13.0 Å². The number of rotatable bonds is 15. The molecule has 0 N–H and O–H groups in total. The first-order chi connectivity index (χ1) is 11.2. The summed E-state index contributed by atoms with van der Waals surface area (Å²) in [5.74, 6) is 0. The Hall–Kier alpha value is -0.243. The third-order valence-corrected chi connectivity index (χ3v) is 6.35. The molecule has 1 aliphatic heterocycles. The van der Waals surface area contributed by atoms with E-state index in [0.29, 0.717) is 32.0 Å². The van der Waals surface area contributed by atoms with Gasteiger partial charge in [-0.3, -0.25) is 0 Å². The molecule has 1 heterocycles. The molecule has 0 saturated carbocycles. The second kappa shape index (κ2) is 12.2. The maximum absolute atomic E-state index is 5.86. The molecule has 1 fully saturated rings. The van der Waals surface area contributed by atoms with Crippen molar-refractivity contribution < 1.29 is 22.8 Å². The van der Waals surface area contributed by atoms with Gasteiger partial charge in [-0.25, -0.2) is 0 Å². The van der Waals surface area contributed by atoms with Crippen LogP contribution >= 0.6 is 0 Å². The van der Waals surface area contributed by atoms with Crippen LogP contribution in [0, 0.1) is 0 Å². The minimum absolute atomic E-state index is 0.334. The highest BCUT2D eigenvalue weighted by molar-refractivity contribution is 6.66. The van der Waals surface area contributed by atoms with E-state index in [1.807, 2.05) is 26.5 Å². The molecule has 0 bridgehead atoms. The van der Waals surface area contributed by atoms with Crippen LogP contribution in [0.3, 0.4) is 0 Å². The third kappa shape index (κ3) is 8.98. The standard InChI is InChI=1S/C17H34O5Si/c1-5-16(18-14-17-15-19-17)12-10-9-11-13-23(20-6-2,21-7-3)22-8-4/h11,13,16-17H,5-10,12,14-15H2,1-4H3. The van der Waals surface area contributed by atoms with Crippen molar-refractivity contribution in [3.8, 4) is 0 Å². The van der Waals surface area contributed by atoms with E-state index in [0.717, 1.165) is 38.9 Å². The molecule has 1 aliphatic rings. The smallest absolute Gasteiger partial charge is 0.375 e. The topological polar surface area (TPSA) is 49.5 Å². The van der Waals surface area contributed by atoms with Crippen molar-refractivity contribution in [3.63, 3.8) is 0 Å². The molecule has 0 aliphatic carbocycles. The fourth-order valence-corrected chi connectivity index (χ4v) is 4.58. The summed E-state index contributed by atoms with van der Waals surface area (Å²) < 4.78 is 28.4. The maximum Gasteiger partial charge on any atom is 0.529 e. The first-order valence-corrected chi connectivity index (χ1v) is 10.8. The Morgan fingerprint density at radius 1 is 1.09 bits per heavy atom. The van der Waals surface area contributed by atoms with Gasteiger partial charge in [-0.05, 0) is 52.2 Å².